The van der Waals surface area contributed by atoms with Gasteiger partial charge in [0.05, 0.1) is 0 Å². The van der Waals surface area contributed by atoms with Gasteiger partial charge in [-0.3, -0.25) is 0 Å². The molecular weight excluding hydrogens is 228 g/mol. The Morgan fingerprint density at radius 1 is 1.75 bits per heavy atom. The van der Waals surface area contributed by atoms with Crippen LogP contribution in [-0.4, -0.2) is 17.0 Å². The van der Waals surface area contributed by atoms with Crippen molar-refractivity contribution in [3.05, 3.63) is 12.2 Å². The summed E-state index contributed by atoms with van der Waals surface area (Å²) in [7, 11) is 0. The zero-order valence-corrected chi connectivity index (χ0v) is 9.09. The van der Waals surface area contributed by atoms with Crippen LogP contribution in [0.15, 0.2) is 12.2 Å². The van der Waals surface area contributed by atoms with E-state index in [1.807, 2.05) is 0 Å². The Morgan fingerprint density at radius 2 is 2.25 bits per heavy atom. The molecule has 0 saturated heterocycles. The molecule has 1 N–H and O–H groups in total. The number of carboxylic acids is 1. The molecule has 0 fully saturated rings. The largest absolute Gasteiger partial charge is 0.478 e. The molecule has 0 aliphatic heterocycles. The van der Waals surface area contributed by atoms with E-state index >= 15 is 0 Å². The number of carbonyl (C=O) groups is 1. The summed E-state index contributed by atoms with van der Waals surface area (Å²) in [4.78, 5) is 9.61. The van der Waals surface area contributed by atoms with Crippen molar-refractivity contribution in [3.63, 3.8) is 0 Å². The number of rotatable bonds is 2. The molecule has 0 aliphatic rings. The molecule has 0 atom stereocenters. The third-order valence-corrected chi connectivity index (χ3v) is 0.528. The molecule has 0 aromatic carbocycles. The van der Waals surface area contributed by atoms with E-state index in [9.17, 15) is 4.79 Å². The second kappa shape index (κ2) is 7.42. The molecule has 2 nitrogen and oxygen atoms in total. The second-order valence-electron chi connectivity index (χ2n) is 0.895. The van der Waals surface area contributed by atoms with Gasteiger partial charge in [0.1, 0.15) is 0 Å². The van der Waals surface area contributed by atoms with Crippen LogP contribution in [0.1, 0.15) is 0 Å². The van der Waals surface area contributed by atoms with E-state index in [2.05, 4.69) is 0 Å². The quantitative estimate of drug-likeness (QED) is 0.436. The normalized spacial score (nSPS) is 8.62. The first-order chi connectivity index (χ1) is 3.27. The smallest absolute Gasteiger partial charge is 0.328 e. The predicted octanol–water partition coefficient (Wildman–Crippen LogP) is 0.864. The fraction of sp³-hybridized carbons (Fsp3) is 0.250. The molecule has 0 unspecified atom stereocenters. The summed E-state index contributed by atoms with van der Waals surface area (Å²) >= 11 is 5.10. The Bertz CT molecular complexity index is 92.0. The minimum Gasteiger partial charge on any atom is -0.478 e. The van der Waals surface area contributed by atoms with Gasteiger partial charge in [-0.2, -0.15) is 0 Å². The molecule has 0 aliphatic carbocycles. The number of halogens is 1. The average molecular weight is 233 g/mol. The number of allylic oxidation sites excluding steroid dienone is 1. The Kier molecular flexibility index (Phi) is 10.4. The van der Waals surface area contributed by atoms with Crippen molar-refractivity contribution in [1.82, 2.24) is 0 Å². The number of hydrogen-bond donors (Lipinski definition) is 1. The van der Waals surface area contributed by atoms with E-state index < -0.39 is 5.97 Å². The van der Waals surface area contributed by atoms with Gasteiger partial charge >= 0.3 is 5.97 Å². The van der Waals surface area contributed by atoms with Crippen LogP contribution in [0.25, 0.3) is 0 Å². The molecular formula is C4H5CdClO2. The first kappa shape index (κ1) is 11.2. The van der Waals surface area contributed by atoms with E-state index in [-0.39, 0.29) is 33.2 Å². The molecule has 4 heteroatoms. The second-order valence-corrected chi connectivity index (χ2v) is 1.20. The molecule has 42 valence electrons. The fourth-order valence-electron chi connectivity index (χ4n) is 0.145. The maximum absolute atomic E-state index is 9.61. The molecule has 0 rings (SSSR count). The molecule has 0 bridgehead atoms. The summed E-state index contributed by atoms with van der Waals surface area (Å²) in [5.41, 5.74) is 0. The van der Waals surface area contributed by atoms with Crippen molar-refractivity contribution in [2.45, 2.75) is 0 Å². The number of alkyl halides is 1. The zero-order chi connectivity index (χ0) is 5.70. The van der Waals surface area contributed by atoms with Crippen LogP contribution < -0.4 is 0 Å². The molecule has 0 aromatic heterocycles. The first-order valence-corrected chi connectivity index (χ1v) is 2.26. The molecule has 0 amide bonds. The van der Waals surface area contributed by atoms with Gasteiger partial charge < -0.3 is 5.11 Å². The number of hydrogen-bond acceptors (Lipinski definition) is 1. The maximum Gasteiger partial charge on any atom is 0.328 e. The van der Waals surface area contributed by atoms with E-state index in [0.29, 0.717) is 0 Å². The maximum atomic E-state index is 9.61. The van der Waals surface area contributed by atoms with Crippen LogP contribution in [-0.2, 0) is 32.1 Å². The minimum atomic E-state index is -0.958. The van der Waals surface area contributed by atoms with Gasteiger partial charge in [-0.25, -0.2) is 4.79 Å². The summed E-state index contributed by atoms with van der Waals surface area (Å²) in [5.74, 6) is -0.701. The molecule has 0 saturated carbocycles. The summed E-state index contributed by atoms with van der Waals surface area (Å²) in [5, 5.41) is 7.90. The Balaban J connectivity index is 0. The Hall–Kier alpha value is 0.422. The third kappa shape index (κ3) is 9.66. The van der Waals surface area contributed by atoms with Crippen LogP contribution in [0.5, 0.6) is 0 Å². The summed E-state index contributed by atoms with van der Waals surface area (Å²) in [6, 6.07) is 0. The summed E-state index contributed by atoms with van der Waals surface area (Å²) in [6.45, 7) is 0. The SMILES string of the molecule is O=C(O)/C=C/CCl.[Cd]. The van der Waals surface area contributed by atoms with Crippen molar-refractivity contribution in [2.75, 3.05) is 5.88 Å². The van der Waals surface area contributed by atoms with Gasteiger partial charge in [-0.05, 0) is 0 Å². The van der Waals surface area contributed by atoms with Crippen LogP contribution in [0, 0.1) is 0 Å². The van der Waals surface area contributed by atoms with Crippen molar-refractivity contribution in [1.29, 1.82) is 0 Å². The first-order valence-electron chi connectivity index (χ1n) is 1.73. The van der Waals surface area contributed by atoms with E-state index in [4.69, 9.17) is 16.7 Å². The van der Waals surface area contributed by atoms with Gasteiger partial charge in [0.15, 0.2) is 0 Å². The molecule has 0 radical (unpaired) electrons. The van der Waals surface area contributed by atoms with Gasteiger partial charge in [-0.1, -0.05) is 6.08 Å². The number of carboxylic acid groups (broad SMARTS) is 1. The molecule has 0 spiro atoms. The minimum absolute atomic E-state index is 0. The van der Waals surface area contributed by atoms with Gasteiger partial charge in [0, 0.05) is 39.3 Å². The van der Waals surface area contributed by atoms with E-state index in [1.54, 1.807) is 0 Å². The van der Waals surface area contributed by atoms with Crippen LogP contribution >= 0.6 is 11.6 Å². The Labute approximate surface area is 72.7 Å². The van der Waals surface area contributed by atoms with E-state index in [1.165, 1.54) is 6.08 Å². The van der Waals surface area contributed by atoms with Gasteiger partial charge in [0.2, 0.25) is 0 Å². The van der Waals surface area contributed by atoms with Crippen LogP contribution in [0.4, 0.5) is 0 Å². The third-order valence-electron chi connectivity index (χ3n) is 0.350. The standard InChI is InChI=1S/C4H5ClO2.Cd/c5-3-1-2-4(6)7;/h1-2H,3H2,(H,6,7);/b2-1+;. The van der Waals surface area contributed by atoms with Crippen molar-refractivity contribution in [3.8, 4) is 0 Å². The topological polar surface area (TPSA) is 37.3 Å². The number of aliphatic carboxylic acids is 1. The monoisotopic (exact) mass is 234 g/mol. The average Bonchev–Trinajstić information content (AvgIpc) is 1.61. The summed E-state index contributed by atoms with van der Waals surface area (Å²) in [6.07, 6.45) is 2.37. The summed E-state index contributed by atoms with van der Waals surface area (Å²) < 4.78 is 0. The van der Waals surface area contributed by atoms with E-state index in [0.717, 1.165) is 6.08 Å². The zero-order valence-electron chi connectivity index (χ0n) is 4.30. The van der Waals surface area contributed by atoms with Crippen molar-refractivity contribution < 1.29 is 37.2 Å². The van der Waals surface area contributed by atoms with Crippen LogP contribution in [0.2, 0.25) is 0 Å². The fourth-order valence-corrected chi connectivity index (χ4v) is 0.234. The van der Waals surface area contributed by atoms with Crippen molar-refractivity contribution in [2.24, 2.45) is 0 Å². The predicted molar refractivity (Wildman–Crippen MR) is 27.5 cm³/mol. The van der Waals surface area contributed by atoms with Crippen LogP contribution in [0.3, 0.4) is 0 Å². The Morgan fingerprint density at radius 3 is 2.38 bits per heavy atom. The molecule has 8 heavy (non-hydrogen) atoms. The molecule has 0 heterocycles. The molecule has 0 aromatic rings. The van der Waals surface area contributed by atoms with Gasteiger partial charge in [0.25, 0.3) is 0 Å². The van der Waals surface area contributed by atoms with Gasteiger partial charge in [-0.15, -0.1) is 11.6 Å². The van der Waals surface area contributed by atoms with Crippen molar-refractivity contribution >= 4 is 17.6 Å².